The number of aryl methyl sites for hydroxylation is 1. The molecule has 5 nitrogen and oxygen atoms in total. The van der Waals surface area contributed by atoms with Gasteiger partial charge in [-0.25, -0.2) is 19.3 Å². The fraction of sp³-hybridized carbons (Fsp3) is 0.316. The van der Waals surface area contributed by atoms with E-state index in [0.29, 0.717) is 0 Å². The molecule has 0 bridgehead atoms. The maximum atomic E-state index is 13.1. The number of nitrogens with zero attached hydrogens (tertiary/aromatic N) is 4. The third kappa shape index (κ3) is 3.44. The summed E-state index contributed by atoms with van der Waals surface area (Å²) in [6.45, 7) is 3.75. The van der Waals surface area contributed by atoms with Crippen molar-refractivity contribution in [2.75, 3.05) is 6.54 Å². The summed E-state index contributed by atoms with van der Waals surface area (Å²) in [5.74, 6) is 1.40. The molecule has 0 aliphatic carbocycles. The summed E-state index contributed by atoms with van der Waals surface area (Å²) in [6.07, 6.45) is 5.66. The van der Waals surface area contributed by atoms with E-state index in [2.05, 4.69) is 19.9 Å². The van der Waals surface area contributed by atoms with Crippen LogP contribution in [-0.2, 0) is 6.54 Å². The number of aromatic amines is 1. The lowest BCUT2D eigenvalue weighted by molar-refractivity contribution is 0.239. The number of nitrogens with one attached hydrogen (secondary N) is 1. The molecule has 0 radical (unpaired) electrons. The molecule has 128 valence electrons. The van der Waals surface area contributed by atoms with E-state index < -0.39 is 0 Å². The van der Waals surface area contributed by atoms with Crippen LogP contribution in [0.3, 0.4) is 0 Å². The van der Waals surface area contributed by atoms with Crippen molar-refractivity contribution in [3.63, 3.8) is 0 Å². The summed E-state index contributed by atoms with van der Waals surface area (Å²) in [4.78, 5) is 19.2. The number of rotatable bonds is 4. The minimum atomic E-state index is -0.202. The zero-order valence-corrected chi connectivity index (χ0v) is 14.1. The molecular weight excluding hydrogens is 317 g/mol. The smallest absolute Gasteiger partial charge is 0.156 e. The van der Waals surface area contributed by atoms with E-state index in [-0.39, 0.29) is 11.9 Å². The van der Waals surface area contributed by atoms with Gasteiger partial charge in [-0.05, 0) is 50.1 Å². The molecule has 2 aromatic heterocycles. The van der Waals surface area contributed by atoms with Crippen LogP contribution in [0.25, 0.3) is 11.5 Å². The Morgan fingerprint density at radius 2 is 2.08 bits per heavy atom. The van der Waals surface area contributed by atoms with Gasteiger partial charge in [0.1, 0.15) is 17.3 Å². The van der Waals surface area contributed by atoms with Crippen molar-refractivity contribution >= 4 is 0 Å². The number of imidazole rings is 1. The molecule has 25 heavy (non-hydrogen) atoms. The van der Waals surface area contributed by atoms with Crippen molar-refractivity contribution in [2.45, 2.75) is 32.4 Å². The van der Waals surface area contributed by atoms with Crippen LogP contribution in [0.15, 0.2) is 42.7 Å². The summed E-state index contributed by atoms with van der Waals surface area (Å²) in [5, 5.41) is 0. The second kappa shape index (κ2) is 6.72. The maximum absolute atomic E-state index is 13.1. The highest BCUT2D eigenvalue weighted by Gasteiger charge is 2.29. The molecule has 1 saturated heterocycles. The van der Waals surface area contributed by atoms with Crippen LogP contribution in [0.4, 0.5) is 4.39 Å². The Morgan fingerprint density at radius 1 is 1.24 bits per heavy atom. The number of benzene rings is 1. The van der Waals surface area contributed by atoms with Gasteiger partial charge in [-0.15, -0.1) is 0 Å². The average Bonchev–Trinajstić information content (AvgIpc) is 3.28. The van der Waals surface area contributed by atoms with Gasteiger partial charge in [0.2, 0.25) is 0 Å². The molecule has 0 saturated carbocycles. The molecule has 6 heteroatoms. The third-order valence-electron chi connectivity index (χ3n) is 4.57. The number of H-pyrrole nitrogens is 1. The molecule has 1 aliphatic heterocycles. The first-order valence-corrected chi connectivity index (χ1v) is 8.53. The number of aromatic nitrogens is 4. The van der Waals surface area contributed by atoms with E-state index in [4.69, 9.17) is 4.98 Å². The topological polar surface area (TPSA) is 57.7 Å². The third-order valence-corrected chi connectivity index (χ3v) is 4.57. The van der Waals surface area contributed by atoms with Gasteiger partial charge in [0.05, 0.1) is 6.04 Å². The molecular formula is C19H20FN5. The van der Waals surface area contributed by atoms with Crippen LogP contribution >= 0.6 is 0 Å². The minimum Gasteiger partial charge on any atom is -0.343 e. The zero-order valence-electron chi connectivity index (χ0n) is 14.1. The molecule has 3 heterocycles. The first kappa shape index (κ1) is 15.9. The summed E-state index contributed by atoms with van der Waals surface area (Å²) >= 11 is 0. The summed E-state index contributed by atoms with van der Waals surface area (Å²) < 4.78 is 13.1. The molecule has 1 fully saturated rings. The molecule has 0 amide bonds. The Morgan fingerprint density at radius 3 is 2.84 bits per heavy atom. The van der Waals surface area contributed by atoms with Crippen LogP contribution in [0.2, 0.25) is 0 Å². The maximum Gasteiger partial charge on any atom is 0.156 e. The highest BCUT2D eigenvalue weighted by atomic mass is 19.1. The molecule has 0 spiro atoms. The fourth-order valence-electron chi connectivity index (χ4n) is 3.40. The van der Waals surface area contributed by atoms with Gasteiger partial charge >= 0.3 is 0 Å². The van der Waals surface area contributed by atoms with Crippen LogP contribution in [0.1, 0.15) is 36.0 Å². The van der Waals surface area contributed by atoms with E-state index in [0.717, 1.165) is 54.5 Å². The SMILES string of the molecule is Cc1cc(-c2ncc[nH]2)nc(C2CCCN2Cc2ccc(F)cc2)n1. The van der Waals surface area contributed by atoms with Crippen LogP contribution in [0, 0.1) is 12.7 Å². The van der Waals surface area contributed by atoms with E-state index >= 15 is 0 Å². The van der Waals surface area contributed by atoms with Gasteiger partial charge in [-0.2, -0.15) is 0 Å². The van der Waals surface area contributed by atoms with Gasteiger partial charge in [0.15, 0.2) is 5.82 Å². The second-order valence-electron chi connectivity index (χ2n) is 6.45. The van der Waals surface area contributed by atoms with Crippen molar-refractivity contribution in [3.05, 3.63) is 65.6 Å². The van der Waals surface area contributed by atoms with Gasteiger partial charge in [0.25, 0.3) is 0 Å². The number of halogens is 1. The van der Waals surface area contributed by atoms with E-state index in [9.17, 15) is 4.39 Å². The normalized spacial score (nSPS) is 17.9. The largest absolute Gasteiger partial charge is 0.343 e. The molecule has 3 aromatic rings. The molecule has 1 atom stereocenters. The van der Waals surface area contributed by atoms with Gasteiger partial charge in [-0.3, -0.25) is 4.90 Å². The molecule has 1 aliphatic rings. The van der Waals surface area contributed by atoms with E-state index in [1.165, 1.54) is 12.1 Å². The molecule has 1 aromatic carbocycles. The van der Waals surface area contributed by atoms with Crippen molar-refractivity contribution in [2.24, 2.45) is 0 Å². The fourth-order valence-corrected chi connectivity index (χ4v) is 3.40. The highest BCUT2D eigenvalue weighted by Crippen LogP contribution is 2.32. The van der Waals surface area contributed by atoms with Crippen LogP contribution in [-0.4, -0.2) is 31.4 Å². The van der Waals surface area contributed by atoms with Gasteiger partial charge < -0.3 is 4.98 Å². The Hall–Kier alpha value is -2.60. The number of likely N-dealkylation sites (tertiary alicyclic amines) is 1. The lowest BCUT2D eigenvalue weighted by Gasteiger charge is -2.24. The van der Waals surface area contributed by atoms with Crippen molar-refractivity contribution < 1.29 is 4.39 Å². The van der Waals surface area contributed by atoms with E-state index in [1.54, 1.807) is 12.4 Å². The Labute approximate surface area is 146 Å². The first-order chi connectivity index (χ1) is 12.2. The minimum absolute atomic E-state index is 0.179. The lowest BCUT2D eigenvalue weighted by Crippen LogP contribution is -2.24. The predicted octanol–water partition coefficient (Wildman–Crippen LogP) is 3.65. The lowest BCUT2D eigenvalue weighted by atomic mass is 10.1. The van der Waals surface area contributed by atoms with Gasteiger partial charge in [0, 0.05) is 24.6 Å². The predicted molar refractivity (Wildman–Crippen MR) is 93.1 cm³/mol. The van der Waals surface area contributed by atoms with Crippen LogP contribution < -0.4 is 0 Å². The quantitative estimate of drug-likeness (QED) is 0.789. The Balaban J connectivity index is 1.60. The molecule has 4 rings (SSSR count). The van der Waals surface area contributed by atoms with Crippen molar-refractivity contribution in [3.8, 4) is 11.5 Å². The second-order valence-corrected chi connectivity index (χ2v) is 6.45. The monoisotopic (exact) mass is 337 g/mol. The number of hydrogen-bond donors (Lipinski definition) is 1. The van der Waals surface area contributed by atoms with Crippen LogP contribution in [0.5, 0.6) is 0 Å². The molecule has 1 N–H and O–H groups in total. The summed E-state index contributed by atoms with van der Waals surface area (Å²) in [5.41, 5.74) is 2.86. The first-order valence-electron chi connectivity index (χ1n) is 8.53. The number of hydrogen-bond acceptors (Lipinski definition) is 4. The standard InChI is InChI=1S/C19H20FN5/c1-13-11-16(18-21-8-9-22-18)24-19(23-13)17-3-2-10-25(17)12-14-4-6-15(20)7-5-14/h4-9,11,17H,2-3,10,12H2,1H3,(H,21,22). The summed E-state index contributed by atoms with van der Waals surface area (Å²) in [7, 11) is 0. The molecule has 1 unspecified atom stereocenters. The zero-order chi connectivity index (χ0) is 17.2. The van der Waals surface area contributed by atoms with Crippen molar-refractivity contribution in [1.29, 1.82) is 0 Å². The average molecular weight is 337 g/mol. The van der Waals surface area contributed by atoms with Crippen molar-refractivity contribution in [1.82, 2.24) is 24.8 Å². The Kier molecular flexibility index (Phi) is 4.28. The Bertz CT molecular complexity index is 845. The highest BCUT2D eigenvalue weighted by molar-refractivity contribution is 5.49. The van der Waals surface area contributed by atoms with Gasteiger partial charge in [-0.1, -0.05) is 12.1 Å². The van der Waals surface area contributed by atoms with E-state index in [1.807, 2.05) is 25.1 Å². The summed E-state index contributed by atoms with van der Waals surface area (Å²) in [6, 6.07) is 8.84.